The van der Waals surface area contributed by atoms with Crippen LogP contribution >= 0.6 is 23.2 Å². The Bertz CT molecular complexity index is 485. The molecular formula is C15H19Cl2NO3. The molecule has 0 radical (unpaired) electrons. The van der Waals surface area contributed by atoms with Crippen molar-refractivity contribution in [3.63, 3.8) is 0 Å². The molecule has 1 rings (SSSR count). The topological polar surface area (TPSA) is 66.4 Å². The monoisotopic (exact) mass is 331 g/mol. The van der Waals surface area contributed by atoms with Gasteiger partial charge in [0.2, 0.25) is 0 Å². The minimum absolute atomic E-state index is 0.156. The zero-order chi connectivity index (χ0) is 15.8. The van der Waals surface area contributed by atoms with Gasteiger partial charge in [0.1, 0.15) is 0 Å². The van der Waals surface area contributed by atoms with Gasteiger partial charge < -0.3 is 10.4 Å². The van der Waals surface area contributed by atoms with E-state index in [2.05, 4.69) is 5.32 Å². The van der Waals surface area contributed by atoms with Gasteiger partial charge in [-0.3, -0.25) is 9.59 Å². The molecule has 0 aliphatic carbocycles. The molecule has 0 heterocycles. The fourth-order valence-electron chi connectivity index (χ4n) is 2.07. The molecule has 0 aromatic heterocycles. The third-order valence-corrected chi connectivity index (χ3v) is 4.00. The second kappa shape index (κ2) is 8.90. The largest absolute Gasteiger partial charge is 0.481 e. The van der Waals surface area contributed by atoms with Crippen LogP contribution in [0, 0.1) is 5.92 Å². The molecular weight excluding hydrogens is 313 g/mol. The summed E-state index contributed by atoms with van der Waals surface area (Å²) < 4.78 is 0. The number of amides is 1. The van der Waals surface area contributed by atoms with E-state index < -0.39 is 5.97 Å². The van der Waals surface area contributed by atoms with Crippen LogP contribution in [0.2, 0.25) is 10.0 Å². The van der Waals surface area contributed by atoms with Crippen LogP contribution in [0.25, 0.3) is 0 Å². The van der Waals surface area contributed by atoms with E-state index in [9.17, 15) is 9.59 Å². The van der Waals surface area contributed by atoms with E-state index in [0.717, 1.165) is 12.8 Å². The number of halogens is 2. The molecule has 0 saturated heterocycles. The second-order valence-corrected chi connectivity index (χ2v) is 5.66. The lowest BCUT2D eigenvalue weighted by atomic mass is 9.96. The Morgan fingerprint density at radius 2 is 1.86 bits per heavy atom. The Balaban J connectivity index is 2.47. The van der Waals surface area contributed by atoms with E-state index in [-0.39, 0.29) is 23.8 Å². The van der Waals surface area contributed by atoms with Gasteiger partial charge in [0.05, 0.1) is 15.6 Å². The highest BCUT2D eigenvalue weighted by molar-refractivity contribution is 6.39. The molecule has 1 aromatic rings. The highest BCUT2D eigenvalue weighted by atomic mass is 35.5. The summed E-state index contributed by atoms with van der Waals surface area (Å²) in [6.07, 6.45) is 2.39. The molecule has 0 bridgehead atoms. The number of carboxylic acids is 1. The molecule has 0 spiro atoms. The Hall–Kier alpha value is -1.26. The van der Waals surface area contributed by atoms with Crippen molar-refractivity contribution in [3.8, 4) is 0 Å². The molecule has 0 aliphatic rings. The van der Waals surface area contributed by atoms with E-state index in [1.807, 2.05) is 6.92 Å². The highest BCUT2D eigenvalue weighted by Gasteiger charge is 2.15. The van der Waals surface area contributed by atoms with Gasteiger partial charge >= 0.3 is 5.97 Å². The first-order valence-electron chi connectivity index (χ1n) is 6.89. The molecule has 6 heteroatoms. The molecule has 2 N–H and O–H groups in total. The van der Waals surface area contributed by atoms with Gasteiger partial charge in [-0.05, 0) is 30.9 Å². The third kappa shape index (κ3) is 5.94. The number of rotatable bonds is 8. The van der Waals surface area contributed by atoms with Crippen molar-refractivity contribution in [2.24, 2.45) is 5.92 Å². The van der Waals surface area contributed by atoms with Crippen LogP contribution < -0.4 is 5.32 Å². The zero-order valence-corrected chi connectivity index (χ0v) is 13.4. The van der Waals surface area contributed by atoms with Crippen LogP contribution in [-0.4, -0.2) is 23.5 Å². The van der Waals surface area contributed by atoms with E-state index in [0.29, 0.717) is 23.0 Å². The SMILES string of the molecule is CCC(CCNC(=O)c1c(Cl)cccc1Cl)CCC(=O)O. The van der Waals surface area contributed by atoms with E-state index >= 15 is 0 Å². The Morgan fingerprint density at radius 3 is 2.38 bits per heavy atom. The van der Waals surface area contributed by atoms with E-state index in [1.165, 1.54) is 0 Å². The predicted octanol–water partition coefficient (Wildman–Crippen LogP) is 4.00. The summed E-state index contributed by atoms with van der Waals surface area (Å²) in [5.41, 5.74) is 0.277. The summed E-state index contributed by atoms with van der Waals surface area (Å²) in [5.74, 6) is -0.817. The molecule has 0 aliphatic heterocycles. The maximum Gasteiger partial charge on any atom is 0.303 e. The average Bonchev–Trinajstić information content (AvgIpc) is 2.42. The summed E-state index contributed by atoms with van der Waals surface area (Å²) >= 11 is 11.9. The fourth-order valence-corrected chi connectivity index (χ4v) is 2.64. The smallest absolute Gasteiger partial charge is 0.303 e. The summed E-state index contributed by atoms with van der Waals surface area (Å²) in [6.45, 7) is 2.48. The number of aliphatic carboxylic acids is 1. The van der Waals surface area contributed by atoms with Crippen LogP contribution in [0.1, 0.15) is 43.0 Å². The average molecular weight is 332 g/mol. The molecule has 0 fully saturated rings. The summed E-state index contributed by atoms with van der Waals surface area (Å²) in [7, 11) is 0. The van der Waals surface area contributed by atoms with E-state index in [1.54, 1.807) is 18.2 Å². The molecule has 4 nitrogen and oxygen atoms in total. The minimum Gasteiger partial charge on any atom is -0.481 e. The van der Waals surface area contributed by atoms with Crippen LogP contribution in [-0.2, 0) is 4.79 Å². The van der Waals surface area contributed by atoms with Crippen LogP contribution in [0.4, 0.5) is 0 Å². The lowest BCUT2D eigenvalue weighted by Crippen LogP contribution is -2.26. The normalized spacial score (nSPS) is 12.0. The Morgan fingerprint density at radius 1 is 1.24 bits per heavy atom. The highest BCUT2D eigenvalue weighted by Crippen LogP contribution is 2.24. The lowest BCUT2D eigenvalue weighted by molar-refractivity contribution is -0.137. The van der Waals surface area contributed by atoms with Gasteiger partial charge in [-0.2, -0.15) is 0 Å². The summed E-state index contributed by atoms with van der Waals surface area (Å²) in [5, 5.41) is 12.1. The number of carbonyl (C=O) groups is 2. The van der Waals surface area contributed by atoms with Crippen LogP contribution in [0.15, 0.2) is 18.2 Å². The standard InChI is InChI=1S/C15H19Cl2NO3/c1-2-10(6-7-13(19)20)8-9-18-15(21)14-11(16)4-3-5-12(14)17/h3-5,10H,2,6-9H2,1H3,(H,18,21)(H,19,20). The Labute approximate surface area is 134 Å². The van der Waals surface area contributed by atoms with Gasteiger partial charge in [0.15, 0.2) is 0 Å². The Kier molecular flexibility index (Phi) is 7.54. The molecule has 1 amide bonds. The maximum absolute atomic E-state index is 12.0. The molecule has 1 aromatic carbocycles. The second-order valence-electron chi connectivity index (χ2n) is 4.85. The first-order valence-corrected chi connectivity index (χ1v) is 7.65. The van der Waals surface area contributed by atoms with Gasteiger partial charge in [-0.1, -0.05) is 42.6 Å². The van der Waals surface area contributed by atoms with Crippen molar-refractivity contribution in [3.05, 3.63) is 33.8 Å². The number of hydrogen-bond acceptors (Lipinski definition) is 2. The summed E-state index contributed by atoms with van der Waals surface area (Å²) in [4.78, 5) is 22.6. The maximum atomic E-state index is 12.0. The van der Waals surface area contributed by atoms with Gasteiger partial charge in [-0.25, -0.2) is 0 Å². The molecule has 1 atom stereocenters. The number of benzene rings is 1. The number of carbonyl (C=O) groups excluding carboxylic acids is 1. The van der Waals surface area contributed by atoms with E-state index in [4.69, 9.17) is 28.3 Å². The third-order valence-electron chi connectivity index (χ3n) is 3.37. The van der Waals surface area contributed by atoms with Crippen molar-refractivity contribution >= 4 is 35.1 Å². The number of carboxylic acid groups (broad SMARTS) is 1. The van der Waals surface area contributed by atoms with Crippen molar-refractivity contribution in [1.82, 2.24) is 5.32 Å². The quantitative estimate of drug-likeness (QED) is 0.756. The molecule has 1 unspecified atom stereocenters. The van der Waals surface area contributed by atoms with Crippen LogP contribution in [0.3, 0.4) is 0 Å². The van der Waals surface area contributed by atoms with Gasteiger partial charge in [0, 0.05) is 13.0 Å². The minimum atomic E-state index is -0.791. The lowest BCUT2D eigenvalue weighted by Gasteiger charge is -2.14. The van der Waals surface area contributed by atoms with Crippen molar-refractivity contribution in [2.75, 3.05) is 6.54 Å². The van der Waals surface area contributed by atoms with Gasteiger partial charge in [-0.15, -0.1) is 0 Å². The number of nitrogens with one attached hydrogen (secondary N) is 1. The number of hydrogen-bond donors (Lipinski definition) is 2. The van der Waals surface area contributed by atoms with Crippen molar-refractivity contribution in [1.29, 1.82) is 0 Å². The zero-order valence-electron chi connectivity index (χ0n) is 11.9. The predicted molar refractivity (Wildman–Crippen MR) is 84.1 cm³/mol. The fraction of sp³-hybridized carbons (Fsp3) is 0.467. The van der Waals surface area contributed by atoms with Crippen LogP contribution in [0.5, 0.6) is 0 Å². The first-order chi connectivity index (χ1) is 9.95. The summed E-state index contributed by atoms with van der Waals surface area (Å²) in [6, 6.07) is 4.91. The first kappa shape index (κ1) is 17.8. The van der Waals surface area contributed by atoms with Gasteiger partial charge in [0.25, 0.3) is 5.91 Å². The van der Waals surface area contributed by atoms with Crippen molar-refractivity contribution in [2.45, 2.75) is 32.6 Å². The molecule has 116 valence electrons. The van der Waals surface area contributed by atoms with Crippen molar-refractivity contribution < 1.29 is 14.7 Å². The molecule has 21 heavy (non-hydrogen) atoms. The molecule has 0 saturated carbocycles.